The molecule has 0 aromatic heterocycles. The van der Waals surface area contributed by atoms with Gasteiger partial charge in [0.25, 0.3) is 0 Å². The molecule has 0 bridgehead atoms. The van der Waals surface area contributed by atoms with Gasteiger partial charge in [0.05, 0.1) is 13.2 Å². The van der Waals surface area contributed by atoms with Gasteiger partial charge in [0.2, 0.25) is 0 Å². The highest BCUT2D eigenvalue weighted by Gasteiger charge is 2.32. The van der Waals surface area contributed by atoms with Crippen LogP contribution in [0.1, 0.15) is 20.8 Å². The van der Waals surface area contributed by atoms with E-state index < -0.39 is 5.97 Å². The van der Waals surface area contributed by atoms with Crippen LogP contribution in [0.25, 0.3) is 0 Å². The third-order valence-electron chi connectivity index (χ3n) is 1.28. The fourth-order valence-corrected chi connectivity index (χ4v) is 0.830. The van der Waals surface area contributed by atoms with Crippen molar-refractivity contribution in [3.8, 4) is 0 Å². The average molecular weight is 193 g/mol. The fraction of sp³-hybridized carbons (Fsp3) is 1.00. The second-order valence-corrected chi connectivity index (χ2v) is 2.24. The van der Waals surface area contributed by atoms with Crippen LogP contribution in [0, 0.1) is 0 Å². The summed E-state index contributed by atoms with van der Waals surface area (Å²) in [5.41, 5.74) is 5.47. The monoisotopic (exact) mass is 193 g/mol. The molecule has 0 aliphatic heterocycles. The Morgan fingerprint density at radius 3 is 1.85 bits per heavy atom. The number of rotatable bonds is 8. The highest BCUT2D eigenvalue weighted by molar-refractivity contribution is 4.55. The fourth-order valence-electron chi connectivity index (χ4n) is 0.830. The van der Waals surface area contributed by atoms with Crippen LogP contribution in [0.4, 0.5) is 0 Å². The van der Waals surface area contributed by atoms with Gasteiger partial charge in [-0.25, -0.2) is 4.89 Å². The maximum absolute atomic E-state index is 5.47. The van der Waals surface area contributed by atoms with Crippen LogP contribution in [0.5, 0.6) is 0 Å². The molecule has 0 radical (unpaired) electrons. The summed E-state index contributed by atoms with van der Waals surface area (Å²) in [5, 5.41) is 0. The molecule has 80 valence electrons. The van der Waals surface area contributed by atoms with Crippen molar-refractivity contribution in [2.45, 2.75) is 26.7 Å². The third kappa shape index (κ3) is 4.54. The zero-order valence-electron chi connectivity index (χ0n) is 8.54. The van der Waals surface area contributed by atoms with Crippen LogP contribution in [0.3, 0.4) is 0 Å². The Labute approximate surface area is 79.0 Å². The Morgan fingerprint density at radius 1 is 1.00 bits per heavy atom. The zero-order chi connectivity index (χ0) is 10.2. The van der Waals surface area contributed by atoms with Gasteiger partial charge in [-0.05, 0) is 20.8 Å². The van der Waals surface area contributed by atoms with Crippen molar-refractivity contribution in [3.63, 3.8) is 0 Å². The highest BCUT2D eigenvalue weighted by atomic mass is 17.3. The molecule has 5 heteroatoms. The van der Waals surface area contributed by atoms with Gasteiger partial charge in [-0.2, -0.15) is 4.89 Å². The minimum absolute atomic E-state index is 0.0919. The number of hydrogen-bond donors (Lipinski definition) is 1. The highest BCUT2D eigenvalue weighted by Crippen LogP contribution is 2.14. The molecule has 0 aliphatic carbocycles. The average Bonchev–Trinajstić information content (AvgIpc) is 2.15. The lowest BCUT2D eigenvalue weighted by Crippen LogP contribution is -2.46. The predicted octanol–water partition coefficient (Wildman–Crippen LogP) is 0.640. The summed E-state index contributed by atoms with van der Waals surface area (Å²) in [6.07, 6.45) is 0. The number of nitrogens with two attached hydrogens (primary N) is 1. The lowest BCUT2D eigenvalue weighted by Gasteiger charge is -2.29. The van der Waals surface area contributed by atoms with Gasteiger partial charge in [-0.15, -0.1) is 0 Å². The molecule has 0 saturated carbocycles. The largest absolute Gasteiger partial charge is 0.325 e. The van der Waals surface area contributed by atoms with Crippen LogP contribution in [0.2, 0.25) is 0 Å². The molecule has 0 amide bonds. The van der Waals surface area contributed by atoms with Crippen LogP contribution >= 0.6 is 0 Å². The molecule has 0 fully saturated rings. The maximum atomic E-state index is 5.47. The van der Waals surface area contributed by atoms with Gasteiger partial charge >= 0.3 is 5.97 Å². The lowest BCUT2D eigenvalue weighted by molar-refractivity contribution is -0.500. The third-order valence-corrected chi connectivity index (χ3v) is 1.28. The van der Waals surface area contributed by atoms with Gasteiger partial charge in [-0.3, -0.25) is 0 Å². The molecule has 0 saturated heterocycles. The van der Waals surface area contributed by atoms with Crippen LogP contribution < -0.4 is 5.73 Å². The summed E-state index contributed by atoms with van der Waals surface area (Å²) in [5.74, 6) is -1.25. The van der Waals surface area contributed by atoms with Crippen molar-refractivity contribution in [2.75, 3.05) is 26.4 Å². The van der Waals surface area contributed by atoms with Gasteiger partial charge < -0.3 is 15.2 Å². The van der Waals surface area contributed by atoms with Crippen molar-refractivity contribution in [2.24, 2.45) is 5.73 Å². The van der Waals surface area contributed by atoms with E-state index in [1.165, 1.54) is 0 Å². The summed E-state index contributed by atoms with van der Waals surface area (Å²) in [6, 6.07) is 0. The van der Waals surface area contributed by atoms with Gasteiger partial charge in [-0.1, -0.05) is 0 Å². The summed E-state index contributed by atoms with van der Waals surface area (Å²) in [4.78, 5) is 9.70. The van der Waals surface area contributed by atoms with E-state index in [0.717, 1.165) is 0 Å². The van der Waals surface area contributed by atoms with E-state index in [4.69, 9.17) is 25.0 Å². The van der Waals surface area contributed by atoms with E-state index in [-0.39, 0.29) is 6.54 Å². The van der Waals surface area contributed by atoms with E-state index in [2.05, 4.69) is 0 Å². The van der Waals surface area contributed by atoms with Crippen molar-refractivity contribution in [3.05, 3.63) is 0 Å². The summed E-state index contributed by atoms with van der Waals surface area (Å²) >= 11 is 0. The minimum Gasteiger partial charge on any atom is -0.325 e. The quantitative estimate of drug-likeness (QED) is 0.348. The second kappa shape index (κ2) is 7.23. The second-order valence-electron chi connectivity index (χ2n) is 2.24. The summed E-state index contributed by atoms with van der Waals surface area (Å²) in [7, 11) is 0. The molecule has 0 rings (SSSR count). The Balaban J connectivity index is 4.07. The van der Waals surface area contributed by atoms with Gasteiger partial charge in [0.15, 0.2) is 0 Å². The first-order chi connectivity index (χ1) is 6.24. The van der Waals surface area contributed by atoms with E-state index >= 15 is 0 Å². The van der Waals surface area contributed by atoms with Crippen molar-refractivity contribution >= 4 is 0 Å². The first kappa shape index (κ1) is 12.8. The van der Waals surface area contributed by atoms with E-state index in [0.29, 0.717) is 19.8 Å². The molecule has 0 heterocycles. The molecule has 0 aliphatic rings. The summed E-state index contributed by atoms with van der Waals surface area (Å²) < 4.78 is 10.5. The van der Waals surface area contributed by atoms with Gasteiger partial charge in [0.1, 0.15) is 0 Å². The molecule has 2 N–H and O–H groups in total. The first-order valence-electron chi connectivity index (χ1n) is 4.53. The SMILES string of the molecule is CCOOC(CN)(OCC)OCC. The first-order valence-corrected chi connectivity index (χ1v) is 4.53. The topological polar surface area (TPSA) is 62.9 Å². The Morgan fingerprint density at radius 2 is 1.54 bits per heavy atom. The molecule has 13 heavy (non-hydrogen) atoms. The van der Waals surface area contributed by atoms with Crippen molar-refractivity contribution in [1.29, 1.82) is 0 Å². The standard InChI is InChI=1S/C8H19NO4/c1-4-10-8(7-9,11-5-2)13-12-6-3/h4-7,9H2,1-3H3. The maximum Gasteiger partial charge on any atom is 0.324 e. The zero-order valence-corrected chi connectivity index (χ0v) is 8.54. The molecule has 0 aromatic rings. The molecule has 0 spiro atoms. The smallest absolute Gasteiger partial charge is 0.324 e. The van der Waals surface area contributed by atoms with Crippen molar-refractivity contribution in [1.82, 2.24) is 0 Å². The van der Waals surface area contributed by atoms with Crippen molar-refractivity contribution < 1.29 is 19.2 Å². The molecule has 5 nitrogen and oxygen atoms in total. The number of hydrogen-bond acceptors (Lipinski definition) is 5. The Bertz CT molecular complexity index is 115. The normalized spacial score (nSPS) is 12.0. The molecule has 0 aromatic carbocycles. The predicted molar refractivity (Wildman–Crippen MR) is 47.7 cm³/mol. The van der Waals surface area contributed by atoms with E-state index in [1.54, 1.807) is 6.92 Å². The van der Waals surface area contributed by atoms with Crippen LogP contribution in [-0.2, 0) is 19.2 Å². The number of ether oxygens (including phenoxy) is 2. The Kier molecular flexibility index (Phi) is 7.12. The van der Waals surface area contributed by atoms with Crippen LogP contribution in [-0.4, -0.2) is 32.3 Å². The molecular weight excluding hydrogens is 174 g/mol. The summed E-state index contributed by atoms with van der Waals surface area (Å²) in [6.45, 7) is 6.88. The van der Waals surface area contributed by atoms with E-state index in [9.17, 15) is 0 Å². The van der Waals surface area contributed by atoms with Gasteiger partial charge in [0, 0.05) is 13.2 Å². The Hall–Kier alpha value is -0.200. The molecule has 0 atom stereocenters. The molecule has 0 unspecified atom stereocenters. The molecular formula is C8H19NO4. The minimum atomic E-state index is -1.25. The van der Waals surface area contributed by atoms with Crippen LogP contribution in [0.15, 0.2) is 0 Å². The lowest BCUT2D eigenvalue weighted by atomic mass is 10.5. The van der Waals surface area contributed by atoms with E-state index in [1.807, 2.05) is 13.8 Å².